The summed E-state index contributed by atoms with van der Waals surface area (Å²) in [7, 11) is 0. The van der Waals surface area contributed by atoms with E-state index in [9.17, 15) is 4.79 Å². The highest BCUT2D eigenvalue weighted by atomic mass is 35.5. The van der Waals surface area contributed by atoms with E-state index in [1.165, 1.54) is 36.0 Å². The number of carboxylic acids is 1. The summed E-state index contributed by atoms with van der Waals surface area (Å²) in [6.45, 7) is 4.25. The second-order valence-corrected chi connectivity index (χ2v) is 8.97. The van der Waals surface area contributed by atoms with E-state index in [-0.39, 0.29) is 5.92 Å². The Morgan fingerprint density at radius 3 is 2.57 bits per heavy atom. The van der Waals surface area contributed by atoms with Crippen LogP contribution in [0.5, 0.6) is 0 Å². The highest BCUT2D eigenvalue weighted by Crippen LogP contribution is 2.42. The molecule has 148 valence electrons. The molecule has 0 amide bonds. The van der Waals surface area contributed by atoms with E-state index in [1.54, 1.807) is 0 Å². The number of aliphatic carboxylic acids is 1. The van der Waals surface area contributed by atoms with Gasteiger partial charge in [0.1, 0.15) is 0 Å². The molecule has 0 bridgehead atoms. The molecule has 1 aliphatic heterocycles. The van der Waals surface area contributed by atoms with Crippen molar-refractivity contribution in [1.29, 1.82) is 0 Å². The van der Waals surface area contributed by atoms with E-state index >= 15 is 0 Å². The van der Waals surface area contributed by atoms with Crippen LogP contribution in [0.2, 0.25) is 5.02 Å². The van der Waals surface area contributed by atoms with Gasteiger partial charge in [-0.1, -0.05) is 54.4 Å². The monoisotopic (exact) mass is 397 g/mol. The molecule has 3 nitrogen and oxygen atoms in total. The molecule has 1 N–H and O–H groups in total. The van der Waals surface area contributed by atoms with Gasteiger partial charge in [0.15, 0.2) is 0 Å². The van der Waals surface area contributed by atoms with Crippen molar-refractivity contribution < 1.29 is 9.90 Å². The zero-order valence-corrected chi connectivity index (χ0v) is 17.2. The summed E-state index contributed by atoms with van der Waals surface area (Å²) in [5, 5.41) is 9.89. The lowest BCUT2D eigenvalue weighted by Crippen LogP contribution is -2.49. The van der Waals surface area contributed by atoms with E-state index in [4.69, 9.17) is 16.7 Å². The molecule has 1 atom stereocenters. The number of likely N-dealkylation sites (tertiary alicyclic amines) is 1. The van der Waals surface area contributed by atoms with Crippen LogP contribution in [0.1, 0.15) is 47.4 Å². The molecule has 1 aliphatic carbocycles. The molecule has 4 heteroatoms. The van der Waals surface area contributed by atoms with Gasteiger partial charge in [-0.3, -0.25) is 9.69 Å². The number of halogens is 1. The van der Waals surface area contributed by atoms with E-state index in [2.05, 4.69) is 48.2 Å². The van der Waals surface area contributed by atoms with Crippen LogP contribution in [0, 0.1) is 18.8 Å². The summed E-state index contributed by atoms with van der Waals surface area (Å²) in [6.07, 6.45) is 5.03. The molecule has 1 heterocycles. The normalized spacial score (nSPS) is 19.1. The van der Waals surface area contributed by atoms with Gasteiger partial charge in [0.25, 0.3) is 0 Å². The van der Waals surface area contributed by atoms with Crippen molar-refractivity contribution in [2.75, 3.05) is 13.1 Å². The van der Waals surface area contributed by atoms with Crippen LogP contribution in [0.3, 0.4) is 0 Å². The quantitative estimate of drug-likeness (QED) is 0.689. The average Bonchev–Trinajstić information content (AvgIpc) is 2.58. The number of hydrogen-bond donors (Lipinski definition) is 1. The molecular formula is C24H28ClNO2. The van der Waals surface area contributed by atoms with Crippen LogP contribution in [-0.4, -0.2) is 29.1 Å². The average molecular weight is 398 g/mol. The maximum Gasteiger partial charge on any atom is 0.309 e. The van der Waals surface area contributed by atoms with Gasteiger partial charge in [-0.15, -0.1) is 0 Å². The molecule has 1 saturated heterocycles. The lowest BCUT2D eigenvalue weighted by atomic mass is 9.70. The highest BCUT2D eigenvalue weighted by Gasteiger charge is 2.32. The Morgan fingerprint density at radius 1 is 1.18 bits per heavy atom. The largest absolute Gasteiger partial charge is 0.481 e. The van der Waals surface area contributed by atoms with Gasteiger partial charge in [0.2, 0.25) is 0 Å². The number of rotatable bonds is 7. The van der Waals surface area contributed by atoms with Crippen molar-refractivity contribution in [3.8, 4) is 0 Å². The predicted molar refractivity (Wildman–Crippen MR) is 113 cm³/mol. The number of nitrogens with zero attached hydrogens (tertiary/aromatic N) is 1. The molecule has 2 aromatic rings. The Bertz CT molecular complexity index is 855. The summed E-state index contributed by atoms with van der Waals surface area (Å²) in [5.41, 5.74) is 5.21. The molecular weight excluding hydrogens is 370 g/mol. The first-order valence-electron chi connectivity index (χ1n) is 10.3. The third kappa shape index (κ3) is 4.26. The molecule has 0 spiro atoms. The first-order chi connectivity index (χ1) is 13.5. The van der Waals surface area contributed by atoms with Gasteiger partial charge in [-0.2, -0.15) is 0 Å². The van der Waals surface area contributed by atoms with Crippen LogP contribution in [-0.2, 0) is 17.8 Å². The molecule has 2 fully saturated rings. The maximum atomic E-state index is 11.0. The van der Waals surface area contributed by atoms with Crippen molar-refractivity contribution >= 4 is 17.6 Å². The summed E-state index contributed by atoms with van der Waals surface area (Å²) in [4.78, 5) is 13.2. The van der Waals surface area contributed by atoms with Crippen LogP contribution in [0.15, 0.2) is 42.5 Å². The maximum absolute atomic E-state index is 11.0. The first-order valence-corrected chi connectivity index (χ1v) is 10.7. The van der Waals surface area contributed by atoms with Crippen molar-refractivity contribution in [2.45, 2.75) is 45.1 Å². The molecule has 2 aromatic carbocycles. The van der Waals surface area contributed by atoms with Gasteiger partial charge in [-0.25, -0.2) is 0 Å². The second-order valence-electron chi connectivity index (χ2n) is 8.56. The van der Waals surface area contributed by atoms with E-state index in [0.29, 0.717) is 19.0 Å². The van der Waals surface area contributed by atoms with Crippen molar-refractivity contribution in [2.24, 2.45) is 11.8 Å². The fourth-order valence-corrected chi connectivity index (χ4v) is 4.64. The number of carboxylic acid groups (broad SMARTS) is 1. The molecule has 0 unspecified atom stereocenters. The minimum atomic E-state index is -0.674. The summed E-state index contributed by atoms with van der Waals surface area (Å²) in [6, 6.07) is 15.3. The summed E-state index contributed by atoms with van der Waals surface area (Å²) in [5.74, 6) is 0.433. The zero-order chi connectivity index (χ0) is 19.7. The minimum Gasteiger partial charge on any atom is -0.481 e. The smallest absolute Gasteiger partial charge is 0.309 e. The molecule has 2 aliphatic rings. The van der Waals surface area contributed by atoms with Gasteiger partial charge in [0.05, 0.1) is 5.92 Å². The Labute approximate surface area is 172 Å². The number of carbonyl (C=O) groups is 1. The minimum absolute atomic E-state index is 0.195. The molecule has 1 saturated carbocycles. The zero-order valence-electron chi connectivity index (χ0n) is 16.4. The molecule has 4 rings (SSSR count). The Hall–Kier alpha value is -1.84. The standard InChI is InChI=1S/C24H28ClNO2/c1-16-10-20(8-9-23(16)25)22(19-6-3-7-19)12-17-4-2-5-18(11-17)13-26-14-21(15-26)24(27)28/h2,4-5,8-11,19,21-22H,3,6-7,12-15H2,1H3,(H,27,28)/t22-/m1/s1. The number of benzene rings is 2. The fraction of sp³-hybridized carbons (Fsp3) is 0.458. The number of hydrogen-bond acceptors (Lipinski definition) is 2. The first kappa shape index (κ1) is 19.5. The summed E-state index contributed by atoms with van der Waals surface area (Å²) >= 11 is 6.25. The van der Waals surface area contributed by atoms with Gasteiger partial charge in [0, 0.05) is 24.7 Å². The van der Waals surface area contributed by atoms with Crippen molar-refractivity contribution in [1.82, 2.24) is 4.90 Å². The van der Waals surface area contributed by atoms with Crippen molar-refractivity contribution in [3.05, 3.63) is 69.7 Å². The highest BCUT2D eigenvalue weighted by molar-refractivity contribution is 6.31. The van der Waals surface area contributed by atoms with E-state index in [0.717, 1.165) is 29.5 Å². The Morgan fingerprint density at radius 2 is 1.93 bits per heavy atom. The van der Waals surface area contributed by atoms with Crippen LogP contribution in [0.4, 0.5) is 0 Å². The Balaban J connectivity index is 1.46. The third-order valence-corrected chi connectivity index (χ3v) is 6.91. The van der Waals surface area contributed by atoms with Crippen molar-refractivity contribution in [3.63, 3.8) is 0 Å². The lowest BCUT2D eigenvalue weighted by molar-refractivity contribution is -0.147. The van der Waals surface area contributed by atoms with Crippen LogP contribution < -0.4 is 0 Å². The Kier molecular flexibility index (Phi) is 5.75. The fourth-order valence-electron chi connectivity index (χ4n) is 4.52. The summed E-state index contributed by atoms with van der Waals surface area (Å²) < 4.78 is 0. The lowest BCUT2D eigenvalue weighted by Gasteiger charge is -2.37. The SMILES string of the molecule is Cc1cc([C@H](Cc2cccc(CN3CC(C(=O)O)C3)c2)C2CCC2)ccc1Cl. The van der Waals surface area contributed by atoms with Crippen LogP contribution in [0.25, 0.3) is 0 Å². The van der Waals surface area contributed by atoms with Crippen LogP contribution >= 0.6 is 11.6 Å². The molecule has 0 radical (unpaired) electrons. The molecule has 0 aromatic heterocycles. The predicted octanol–water partition coefficient (Wildman–Crippen LogP) is 5.29. The number of aryl methyl sites for hydroxylation is 1. The van der Waals surface area contributed by atoms with Gasteiger partial charge in [-0.05, 0) is 66.3 Å². The van der Waals surface area contributed by atoms with E-state index < -0.39 is 5.97 Å². The third-order valence-electron chi connectivity index (χ3n) is 6.49. The van der Waals surface area contributed by atoms with Gasteiger partial charge < -0.3 is 5.11 Å². The van der Waals surface area contributed by atoms with Gasteiger partial charge >= 0.3 is 5.97 Å². The molecule has 28 heavy (non-hydrogen) atoms. The second kappa shape index (κ2) is 8.26. The topological polar surface area (TPSA) is 40.5 Å². The van der Waals surface area contributed by atoms with E-state index in [1.807, 2.05) is 6.07 Å².